The molecule has 0 amide bonds. The van der Waals surface area contributed by atoms with Crippen molar-refractivity contribution in [3.8, 4) is 11.5 Å². The largest absolute Gasteiger partial charge is 0.490 e. The third-order valence-corrected chi connectivity index (χ3v) is 3.25. The first-order valence-electron chi connectivity index (χ1n) is 7.68. The van der Waals surface area contributed by atoms with Gasteiger partial charge in [0, 0.05) is 5.56 Å². The second kappa shape index (κ2) is 8.10. The Balaban J connectivity index is 2.20. The molecule has 5 heteroatoms. The van der Waals surface area contributed by atoms with E-state index in [1.165, 1.54) is 0 Å². The summed E-state index contributed by atoms with van der Waals surface area (Å²) in [7, 11) is 0. The Hall–Kier alpha value is -1.46. The van der Waals surface area contributed by atoms with Crippen LogP contribution in [-0.4, -0.2) is 26.4 Å². The number of anilines is 1. The topological polar surface area (TPSA) is 62.9 Å². The van der Waals surface area contributed by atoms with Gasteiger partial charge in [0.25, 0.3) is 0 Å². The van der Waals surface area contributed by atoms with Crippen LogP contribution >= 0.6 is 0 Å². The van der Waals surface area contributed by atoms with E-state index in [0.717, 1.165) is 24.8 Å². The molecule has 0 spiro atoms. The quantitative estimate of drug-likeness (QED) is 0.618. The van der Waals surface area contributed by atoms with Gasteiger partial charge in [-0.3, -0.25) is 0 Å². The van der Waals surface area contributed by atoms with Crippen LogP contribution in [-0.2, 0) is 9.47 Å². The third-order valence-electron chi connectivity index (χ3n) is 3.25. The first-order chi connectivity index (χ1) is 10.3. The van der Waals surface area contributed by atoms with E-state index in [1.54, 1.807) is 0 Å². The van der Waals surface area contributed by atoms with Crippen molar-refractivity contribution in [3.63, 3.8) is 0 Å². The molecule has 0 saturated carbocycles. The van der Waals surface area contributed by atoms with Gasteiger partial charge in [-0.2, -0.15) is 0 Å². The number of hydrogen-bond acceptors (Lipinski definition) is 5. The molecule has 2 rings (SSSR count). The monoisotopic (exact) mass is 295 g/mol. The molecule has 1 aliphatic rings. The summed E-state index contributed by atoms with van der Waals surface area (Å²) < 4.78 is 22.7. The lowest BCUT2D eigenvalue weighted by molar-refractivity contribution is -0.183. The lowest BCUT2D eigenvalue weighted by Crippen LogP contribution is -2.18. The lowest BCUT2D eigenvalue weighted by atomic mass is 10.1. The average Bonchev–Trinajstić information content (AvgIpc) is 2.51. The SMILES string of the molecule is CCCCOc1c(N)cc(C2OCCCO2)cc1OCC. The Morgan fingerprint density at radius 2 is 1.95 bits per heavy atom. The van der Waals surface area contributed by atoms with Crippen molar-refractivity contribution >= 4 is 5.69 Å². The van der Waals surface area contributed by atoms with Crippen molar-refractivity contribution in [2.24, 2.45) is 0 Å². The maximum atomic E-state index is 6.13. The van der Waals surface area contributed by atoms with Crippen LogP contribution < -0.4 is 15.2 Å². The van der Waals surface area contributed by atoms with Crippen molar-refractivity contribution in [2.45, 2.75) is 39.4 Å². The molecule has 0 aliphatic carbocycles. The number of benzene rings is 1. The van der Waals surface area contributed by atoms with Crippen LogP contribution in [0.4, 0.5) is 5.69 Å². The highest BCUT2D eigenvalue weighted by molar-refractivity contribution is 5.62. The van der Waals surface area contributed by atoms with Crippen LogP contribution in [0.25, 0.3) is 0 Å². The normalized spacial score (nSPS) is 15.9. The van der Waals surface area contributed by atoms with Gasteiger partial charge in [-0.25, -0.2) is 0 Å². The van der Waals surface area contributed by atoms with Gasteiger partial charge in [0.15, 0.2) is 17.8 Å². The first-order valence-corrected chi connectivity index (χ1v) is 7.68. The molecule has 1 aliphatic heterocycles. The third kappa shape index (κ3) is 4.25. The molecule has 0 aromatic heterocycles. The van der Waals surface area contributed by atoms with E-state index < -0.39 is 0 Å². The molecule has 1 aromatic rings. The summed E-state index contributed by atoms with van der Waals surface area (Å²) in [6.45, 7) is 6.64. The Morgan fingerprint density at radius 3 is 2.62 bits per heavy atom. The van der Waals surface area contributed by atoms with E-state index in [9.17, 15) is 0 Å². The van der Waals surface area contributed by atoms with Crippen LogP contribution in [0, 0.1) is 0 Å². The summed E-state index contributed by atoms with van der Waals surface area (Å²) in [5, 5.41) is 0. The van der Waals surface area contributed by atoms with E-state index in [-0.39, 0.29) is 6.29 Å². The van der Waals surface area contributed by atoms with Gasteiger partial charge in [-0.15, -0.1) is 0 Å². The van der Waals surface area contributed by atoms with E-state index in [4.69, 9.17) is 24.7 Å². The number of nitrogens with two attached hydrogens (primary N) is 1. The molecule has 1 saturated heterocycles. The second-order valence-electron chi connectivity index (χ2n) is 5.00. The summed E-state index contributed by atoms with van der Waals surface area (Å²) in [4.78, 5) is 0. The second-order valence-corrected chi connectivity index (χ2v) is 5.00. The Bertz CT molecular complexity index is 444. The van der Waals surface area contributed by atoms with Gasteiger partial charge < -0.3 is 24.7 Å². The minimum atomic E-state index is -0.370. The Kier molecular flexibility index (Phi) is 6.14. The van der Waals surface area contributed by atoms with Crippen LogP contribution in [0.2, 0.25) is 0 Å². The molecule has 0 bridgehead atoms. The molecule has 0 atom stereocenters. The lowest BCUT2D eigenvalue weighted by Gasteiger charge is -2.25. The van der Waals surface area contributed by atoms with Crippen molar-refractivity contribution in [1.82, 2.24) is 0 Å². The smallest absolute Gasteiger partial charge is 0.184 e. The number of nitrogen functional groups attached to an aromatic ring is 1. The van der Waals surface area contributed by atoms with Gasteiger partial charge >= 0.3 is 0 Å². The molecule has 2 N–H and O–H groups in total. The zero-order valence-corrected chi connectivity index (χ0v) is 12.9. The molecule has 1 heterocycles. The van der Waals surface area contributed by atoms with Gasteiger partial charge in [-0.1, -0.05) is 13.3 Å². The van der Waals surface area contributed by atoms with Gasteiger partial charge in [0.2, 0.25) is 0 Å². The fourth-order valence-corrected chi connectivity index (χ4v) is 2.20. The number of ether oxygens (including phenoxy) is 4. The molecule has 0 radical (unpaired) electrons. The van der Waals surface area contributed by atoms with E-state index in [1.807, 2.05) is 19.1 Å². The minimum Gasteiger partial charge on any atom is -0.490 e. The summed E-state index contributed by atoms with van der Waals surface area (Å²) >= 11 is 0. The van der Waals surface area contributed by atoms with Crippen LogP contribution in [0.5, 0.6) is 11.5 Å². The summed E-state index contributed by atoms with van der Waals surface area (Å²) in [5.74, 6) is 1.27. The van der Waals surface area contributed by atoms with Crippen molar-refractivity contribution < 1.29 is 18.9 Å². The predicted molar refractivity (Wildman–Crippen MR) is 81.7 cm³/mol. The molecule has 5 nitrogen and oxygen atoms in total. The zero-order valence-electron chi connectivity index (χ0n) is 12.9. The fraction of sp³-hybridized carbons (Fsp3) is 0.625. The molecule has 1 fully saturated rings. The average molecular weight is 295 g/mol. The molecular formula is C16H25NO4. The van der Waals surface area contributed by atoms with Crippen molar-refractivity contribution in [2.75, 3.05) is 32.2 Å². The Labute approximate surface area is 126 Å². The summed E-state index contributed by atoms with van der Waals surface area (Å²) in [6.07, 6.45) is 2.61. The van der Waals surface area contributed by atoms with Gasteiger partial charge in [0.05, 0.1) is 32.1 Å². The first kappa shape index (κ1) is 15.9. The van der Waals surface area contributed by atoms with Gasteiger partial charge in [0.1, 0.15) is 0 Å². The molecule has 0 unspecified atom stereocenters. The Morgan fingerprint density at radius 1 is 1.19 bits per heavy atom. The molecular weight excluding hydrogens is 270 g/mol. The number of rotatable bonds is 7. The highest BCUT2D eigenvalue weighted by Crippen LogP contribution is 2.38. The standard InChI is InChI=1S/C16H25NO4/c1-3-5-7-19-15-13(17)10-12(11-14(15)18-4-2)16-20-8-6-9-21-16/h10-11,16H,3-9,17H2,1-2H3. The molecule has 118 valence electrons. The minimum absolute atomic E-state index is 0.370. The summed E-state index contributed by atoms with van der Waals surface area (Å²) in [6, 6.07) is 3.75. The van der Waals surface area contributed by atoms with E-state index >= 15 is 0 Å². The zero-order chi connectivity index (χ0) is 15.1. The number of hydrogen-bond donors (Lipinski definition) is 1. The van der Waals surface area contributed by atoms with E-state index in [0.29, 0.717) is 43.6 Å². The molecule has 1 aromatic carbocycles. The summed E-state index contributed by atoms with van der Waals surface area (Å²) in [5.41, 5.74) is 7.56. The van der Waals surface area contributed by atoms with Crippen molar-refractivity contribution in [1.29, 1.82) is 0 Å². The van der Waals surface area contributed by atoms with E-state index in [2.05, 4.69) is 6.92 Å². The maximum Gasteiger partial charge on any atom is 0.184 e. The highest BCUT2D eigenvalue weighted by Gasteiger charge is 2.21. The van der Waals surface area contributed by atoms with Gasteiger partial charge in [-0.05, 0) is 31.9 Å². The van der Waals surface area contributed by atoms with Crippen LogP contribution in [0.15, 0.2) is 12.1 Å². The van der Waals surface area contributed by atoms with Crippen LogP contribution in [0.1, 0.15) is 45.0 Å². The number of unbranched alkanes of at least 4 members (excludes halogenated alkanes) is 1. The highest BCUT2D eigenvalue weighted by atomic mass is 16.7. The maximum absolute atomic E-state index is 6.13. The molecule has 21 heavy (non-hydrogen) atoms. The van der Waals surface area contributed by atoms with Crippen molar-refractivity contribution in [3.05, 3.63) is 17.7 Å². The predicted octanol–water partition coefficient (Wildman–Crippen LogP) is 3.28. The van der Waals surface area contributed by atoms with Crippen LogP contribution in [0.3, 0.4) is 0 Å². The fourth-order valence-electron chi connectivity index (χ4n) is 2.20.